The van der Waals surface area contributed by atoms with Gasteiger partial charge in [-0.3, -0.25) is 9.36 Å². The monoisotopic (exact) mass is 451 g/mol. The molecule has 0 radical (unpaired) electrons. The predicted molar refractivity (Wildman–Crippen MR) is 128 cm³/mol. The van der Waals surface area contributed by atoms with E-state index in [1.165, 1.54) is 11.8 Å². The van der Waals surface area contributed by atoms with Gasteiger partial charge in [-0.1, -0.05) is 47.6 Å². The number of benzene rings is 3. The van der Waals surface area contributed by atoms with Gasteiger partial charge in [0.15, 0.2) is 5.16 Å². The summed E-state index contributed by atoms with van der Waals surface area (Å²) in [6.45, 7) is 3.77. The van der Waals surface area contributed by atoms with Gasteiger partial charge >= 0.3 is 0 Å². The topological polar surface area (TPSA) is 56.1 Å². The molecule has 0 aliphatic heterocycles. The standard InChI is InChI=1S/C24H22ClN3O2S/c1-15-7-6-9-20(22(15)25)26-23(29)16(2)31-24-27-19-8-4-5-10-21(19)28(24)17-11-13-18(30-3)14-12-17/h4-14,16H,1-3H3,(H,26,29)/t16-/m1/s1. The molecular formula is C24H22ClN3O2S. The first-order valence-corrected chi connectivity index (χ1v) is 11.1. The zero-order valence-electron chi connectivity index (χ0n) is 17.4. The number of anilines is 1. The number of hydrogen-bond acceptors (Lipinski definition) is 4. The maximum absolute atomic E-state index is 12.9. The summed E-state index contributed by atoms with van der Waals surface area (Å²) >= 11 is 7.74. The molecule has 0 saturated heterocycles. The van der Waals surface area contributed by atoms with Crippen molar-refractivity contribution in [2.45, 2.75) is 24.3 Å². The number of carbonyl (C=O) groups is 1. The summed E-state index contributed by atoms with van der Waals surface area (Å²) < 4.78 is 7.34. The number of thioether (sulfide) groups is 1. The van der Waals surface area contributed by atoms with E-state index < -0.39 is 0 Å². The Labute approximate surface area is 190 Å². The number of para-hydroxylation sites is 2. The van der Waals surface area contributed by atoms with Crippen molar-refractivity contribution < 1.29 is 9.53 Å². The first-order valence-electron chi connectivity index (χ1n) is 9.82. The fourth-order valence-electron chi connectivity index (χ4n) is 3.25. The lowest BCUT2D eigenvalue weighted by atomic mass is 10.2. The summed E-state index contributed by atoms with van der Waals surface area (Å²) in [6, 6.07) is 21.3. The Morgan fingerprint density at radius 3 is 2.58 bits per heavy atom. The van der Waals surface area contributed by atoms with Gasteiger partial charge in [0.25, 0.3) is 0 Å². The molecule has 0 unspecified atom stereocenters. The summed E-state index contributed by atoms with van der Waals surface area (Å²) in [5, 5.41) is 3.84. The molecule has 4 aromatic rings. The van der Waals surface area contributed by atoms with Gasteiger partial charge in [0, 0.05) is 5.69 Å². The molecular weight excluding hydrogens is 430 g/mol. The van der Waals surface area contributed by atoms with Gasteiger partial charge in [0.1, 0.15) is 5.75 Å². The van der Waals surface area contributed by atoms with Crippen LogP contribution in [0.1, 0.15) is 12.5 Å². The molecule has 1 aromatic heterocycles. The quantitative estimate of drug-likeness (QED) is 0.359. The number of fused-ring (bicyclic) bond motifs is 1. The van der Waals surface area contributed by atoms with Crippen LogP contribution in [0.25, 0.3) is 16.7 Å². The number of methoxy groups -OCH3 is 1. The second kappa shape index (κ2) is 9.04. The van der Waals surface area contributed by atoms with Crippen LogP contribution in [0.2, 0.25) is 5.02 Å². The van der Waals surface area contributed by atoms with Crippen LogP contribution >= 0.6 is 23.4 Å². The molecule has 31 heavy (non-hydrogen) atoms. The lowest BCUT2D eigenvalue weighted by Crippen LogP contribution is -2.23. The Bertz CT molecular complexity index is 1240. The van der Waals surface area contributed by atoms with E-state index in [2.05, 4.69) is 9.88 Å². The number of rotatable bonds is 6. The third-order valence-corrected chi connectivity index (χ3v) is 6.52. The van der Waals surface area contributed by atoms with Crippen LogP contribution in [0.4, 0.5) is 5.69 Å². The molecule has 0 aliphatic carbocycles. The number of halogens is 1. The number of carbonyl (C=O) groups excluding carboxylic acids is 1. The van der Waals surface area contributed by atoms with Crippen LogP contribution in [0.5, 0.6) is 5.75 Å². The number of ether oxygens (including phenoxy) is 1. The Kier molecular flexibility index (Phi) is 6.20. The fourth-order valence-corrected chi connectivity index (χ4v) is 4.37. The van der Waals surface area contributed by atoms with Crippen LogP contribution in [0.3, 0.4) is 0 Å². The van der Waals surface area contributed by atoms with Crippen LogP contribution in [0.15, 0.2) is 71.9 Å². The van der Waals surface area contributed by atoms with Gasteiger partial charge in [0.2, 0.25) is 5.91 Å². The van der Waals surface area contributed by atoms with Crippen molar-refractivity contribution in [1.29, 1.82) is 0 Å². The number of aryl methyl sites for hydroxylation is 1. The molecule has 158 valence electrons. The largest absolute Gasteiger partial charge is 0.497 e. The Morgan fingerprint density at radius 2 is 1.84 bits per heavy atom. The third kappa shape index (κ3) is 4.40. The maximum atomic E-state index is 12.9. The molecule has 4 rings (SSSR count). The van der Waals surface area contributed by atoms with Gasteiger partial charge in [-0.15, -0.1) is 0 Å². The van der Waals surface area contributed by atoms with E-state index in [9.17, 15) is 4.79 Å². The SMILES string of the molecule is COc1ccc(-n2c(S[C@H](C)C(=O)Nc3cccc(C)c3Cl)nc3ccccc32)cc1. The second-order valence-electron chi connectivity index (χ2n) is 7.10. The summed E-state index contributed by atoms with van der Waals surface area (Å²) in [6.07, 6.45) is 0. The van der Waals surface area contributed by atoms with E-state index in [0.717, 1.165) is 33.2 Å². The summed E-state index contributed by atoms with van der Waals surface area (Å²) in [7, 11) is 1.64. The van der Waals surface area contributed by atoms with Crippen molar-refractivity contribution in [1.82, 2.24) is 9.55 Å². The Morgan fingerprint density at radius 1 is 1.10 bits per heavy atom. The number of aromatic nitrogens is 2. The van der Waals surface area contributed by atoms with Crippen LogP contribution < -0.4 is 10.1 Å². The van der Waals surface area contributed by atoms with Gasteiger partial charge < -0.3 is 10.1 Å². The Balaban J connectivity index is 1.64. The van der Waals surface area contributed by atoms with Crippen molar-refractivity contribution in [3.05, 3.63) is 77.3 Å². The molecule has 1 amide bonds. The van der Waals surface area contributed by atoms with Crippen molar-refractivity contribution in [2.75, 3.05) is 12.4 Å². The second-order valence-corrected chi connectivity index (χ2v) is 8.79. The van der Waals surface area contributed by atoms with Crippen molar-refractivity contribution >= 4 is 46.0 Å². The van der Waals surface area contributed by atoms with Crippen LogP contribution in [-0.4, -0.2) is 27.8 Å². The molecule has 0 spiro atoms. The van der Waals surface area contributed by atoms with E-state index in [-0.39, 0.29) is 11.2 Å². The van der Waals surface area contributed by atoms with Gasteiger partial charge in [-0.2, -0.15) is 0 Å². The maximum Gasteiger partial charge on any atom is 0.237 e. The van der Waals surface area contributed by atoms with E-state index >= 15 is 0 Å². The fraction of sp³-hybridized carbons (Fsp3) is 0.167. The van der Waals surface area contributed by atoms with Gasteiger partial charge in [0.05, 0.1) is 34.1 Å². The summed E-state index contributed by atoms with van der Waals surface area (Å²) in [5.41, 5.74) is 4.33. The first kappa shape index (κ1) is 21.3. The number of amides is 1. The minimum atomic E-state index is -0.384. The number of nitrogens with zero attached hydrogens (tertiary/aromatic N) is 2. The number of hydrogen-bond donors (Lipinski definition) is 1. The highest BCUT2D eigenvalue weighted by molar-refractivity contribution is 8.00. The zero-order chi connectivity index (χ0) is 22.0. The average Bonchev–Trinajstić information content (AvgIpc) is 3.14. The highest BCUT2D eigenvalue weighted by Gasteiger charge is 2.21. The smallest absolute Gasteiger partial charge is 0.237 e. The average molecular weight is 452 g/mol. The molecule has 5 nitrogen and oxygen atoms in total. The normalized spacial score (nSPS) is 12.0. The predicted octanol–water partition coefficient (Wildman–Crippen LogP) is 6.12. The van der Waals surface area contributed by atoms with Crippen molar-refractivity contribution in [2.24, 2.45) is 0 Å². The van der Waals surface area contributed by atoms with Crippen molar-refractivity contribution in [3.63, 3.8) is 0 Å². The van der Waals surface area contributed by atoms with Crippen molar-refractivity contribution in [3.8, 4) is 11.4 Å². The summed E-state index contributed by atoms with van der Waals surface area (Å²) in [5.74, 6) is 0.649. The molecule has 3 aromatic carbocycles. The molecule has 0 fully saturated rings. The van der Waals surface area contributed by atoms with E-state index in [1.54, 1.807) is 13.2 Å². The number of nitrogens with one attached hydrogen (secondary N) is 1. The van der Waals surface area contributed by atoms with Crippen LogP contribution in [-0.2, 0) is 4.79 Å². The molecule has 0 aliphatic rings. The van der Waals surface area contributed by atoms with Gasteiger partial charge in [-0.25, -0.2) is 4.98 Å². The van der Waals surface area contributed by atoms with Gasteiger partial charge in [-0.05, 0) is 61.9 Å². The summed E-state index contributed by atoms with van der Waals surface area (Å²) in [4.78, 5) is 17.7. The lowest BCUT2D eigenvalue weighted by molar-refractivity contribution is -0.115. The van der Waals surface area contributed by atoms with E-state index in [4.69, 9.17) is 21.3 Å². The highest BCUT2D eigenvalue weighted by Crippen LogP contribution is 2.32. The third-order valence-electron chi connectivity index (χ3n) is 4.96. The first-order chi connectivity index (χ1) is 15.0. The zero-order valence-corrected chi connectivity index (χ0v) is 19.0. The lowest BCUT2D eigenvalue weighted by Gasteiger charge is -2.15. The molecule has 1 heterocycles. The minimum Gasteiger partial charge on any atom is -0.497 e. The van der Waals surface area contributed by atoms with E-state index in [0.29, 0.717) is 10.7 Å². The molecule has 0 bridgehead atoms. The van der Waals surface area contributed by atoms with E-state index in [1.807, 2.05) is 74.5 Å². The molecule has 0 saturated carbocycles. The number of imidazole rings is 1. The highest BCUT2D eigenvalue weighted by atomic mass is 35.5. The Hall–Kier alpha value is -2.96. The molecule has 1 atom stereocenters. The van der Waals surface area contributed by atoms with Crippen LogP contribution in [0, 0.1) is 6.92 Å². The molecule has 1 N–H and O–H groups in total. The molecule has 7 heteroatoms. The minimum absolute atomic E-state index is 0.133.